The van der Waals surface area contributed by atoms with Crippen LogP contribution in [-0.2, 0) is 16.9 Å². The van der Waals surface area contributed by atoms with Gasteiger partial charge in [0, 0.05) is 36.0 Å². The van der Waals surface area contributed by atoms with Crippen molar-refractivity contribution in [2.24, 2.45) is 0 Å². The number of benzene rings is 2. The molecule has 0 fully saturated rings. The number of rotatable bonds is 7. The van der Waals surface area contributed by atoms with E-state index in [-0.39, 0.29) is 5.91 Å². The van der Waals surface area contributed by atoms with Crippen molar-refractivity contribution in [2.75, 3.05) is 26.1 Å². The van der Waals surface area contributed by atoms with Crippen molar-refractivity contribution >= 4 is 11.6 Å². The Hall–Kier alpha value is -2.79. The van der Waals surface area contributed by atoms with Crippen LogP contribution in [0.3, 0.4) is 0 Å². The second-order valence-corrected chi connectivity index (χ2v) is 6.42. The molecule has 0 bridgehead atoms. The Labute approximate surface area is 154 Å². The summed E-state index contributed by atoms with van der Waals surface area (Å²) in [5, 5.41) is 2.99. The lowest BCUT2D eigenvalue weighted by Gasteiger charge is -2.36. The van der Waals surface area contributed by atoms with Gasteiger partial charge in [-0.1, -0.05) is 30.3 Å². The number of hydrogen-bond donors (Lipinski definition) is 1. The summed E-state index contributed by atoms with van der Waals surface area (Å²) in [5.41, 5.74) is 2.03. The zero-order chi connectivity index (χ0) is 18.7. The van der Waals surface area contributed by atoms with E-state index in [0.29, 0.717) is 13.1 Å². The Balaban J connectivity index is 2.01. The van der Waals surface area contributed by atoms with Gasteiger partial charge in [0.15, 0.2) is 0 Å². The van der Waals surface area contributed by atoms with Gasteiger partial charge in [0.25, 0.3) is 0 Å². The second-order valence-electron chi connectivity index (χ2n) is 6.42. The molecule has 3 rings (SSSR count). The highest BCUT2D eigenvalue weighted by Gasteiger charge is 2.46. The molecule has 26 heavy (non-hydrogen) atoms. The van der Waals surface area contributed by atoms with Crippen LogP contribution >= 0.6 is 0 Å². The Morgan fingerprint density at radius 2 is 1.96 bits per heavy atom. The lowest BCUT2D eigenvalue weighted by Crippen LogP contribution is -2.48. The highest BCUT2D eigenvalue weighted by atomic mass is 16.5. The van der Waals surface area contributed by atoms with Crippen LogP contribution in [0.25, 0.3) is 0 Å². The summed E-state index contributed by atoms with van der Waals surface area (Å²) >= 11 is 0. The maximum absolute atomic E-state index is 12.9. The standard InChI is InChI=1S/C21H24N2O3/c1-5-12-23(14-15-10-11-16(25-3)13-19(15)26-4)21(2)17-8-6-7-9-18(17)22-20(21)24/h5-11,13H,1,12,14H2,2-4H3,(H,22,24). The first-order chi connectivity index (χ1) is 12.5. The fourth-order valence-corrected chi connectivity index (χ4v) is 3.45. The molecule has 5 nitrogen and oxygen atoms in total. The van der Waals surface area contributed by atoms with E-state index in [0.717, 1.165) is 28.3 Å². The molecule has 1 heterocycles. The normalized spacial score (nSPS) is 18.4. The first kappa shape index (κ1) is 18.0. The zero-order valence-corrected chi connectivity index (χ0v) is 15.4. The van der Waals surface area contributed by atoms with Gasteiger partial charge in [0.2, 0.25) is 5.91 Å². The topological polar surface area (TPSA) is 50.8 Å². The fraction of sp³-hybridized carbons (Fsp3) is 0.286. The van der Waals surface area contributed by atoms with Crippen LogP contribution in [-0.4, -0.2) is 31.6 Å². The van der Waals surface area contributed by atoms with E-state index < -0.39 is 5.54 Å². The van der Waals surface area contributed by atoms with Crippen LogP contribution < -0.4 is 14.8 Å². The van der Waals surface area contributed by atoms with E-state index in [2.05, 4.69) is 16.8 Å². The van der Waals surface area contributed by atoms with Crippen molar-refractivity contribution in [1.29, 1.82) is 0 Å². The van der Waals surface area contributed by atoms with Crippen molar-refractivity contribution in [3.05, 3.63) is 66.2 Å². The third kappa shape index (κ3) is 2.95. The van der Waals surface area contributed by atoms with Crippen LogP contribution in [0.2, 0.25) is 0 Å². The molecule has 1 atom stereocenters. The van der Waals surface area contributed by atoms with Gasteiger partial charge in [0.05, 0.1) is 14.2 Å². The molecule has 0 aromatic heterocycles. The lowest BCUT2D eigenvalue weighted by atomic mass is 9.90. The number of amides is 1. The van der Waals surface area contributed by atoms with E-state index in [1.165, 1.54) is 0 Å². The number of nitrogens with zero attached hydrogens (tertiary/aromatic N) is 1. The third-order valence-corrected chi connectivity index (χ3v) is 4.98. The number of nitrogens with one attached hydrogen (secondary N) is 1. The minimum Gasteiger partial charge on any atom is -0.497 e. The largest absolute Gasteiger partial charge is 0.497 e. The van der Waals surface area contributed by atoms with Crippen molar-refractivity contribution < 1.29 is 14.3 Å². The molecule has 1 aliphatic heterocycles. The lowest BCUT2D eigenvalue weighted by molar-refractivity contribution is -0.126. The van der Waals surface area contributed by atoms with Gasteiger partial charge in [-0.05, 0) is 19.1 Å². The number of ether oxygens (including phenoxy) is 2. The highest BCUT2D eigenvalue weighted by molar-refractivity contribution is 6.05. The predicted octanol–water partition coefficient (Wildman–Crippen LogP) is 3.56. The summed E-state index contributed by atoms with van der Waals surface area (Å²) in [7, 11) is 3.26. The number of para-hydroxylation sites is 1. The number of methoxy groups -OCH3 is 2. The first-order valence-corrected chi connectivity index (χ1v) is 8.52. The molecule has 1 amide bonds. The van der Waals surface area contributed by atoms with Crippen molar-refractivity contribution in [1.82, 2.24) is 4.90 Å². The second kappa shape index (κ2) is 7.22. The van der Waals surface area contributed by atoms with Crippen LogP contribution in [0.5, 0.6) is 11.5 Å². The number of fused-ring (bicyclic) bond motifs is 1. The van der Waals surface area contributed by atoms with Gasteiger partial charge in [0.1, 0.15) is 17.0 Å². The van der Waals surface area contributed by atoms with E-state index in [4.69, 9.17) is 9.47 Å². The summed E-state index contributed by atoms with van der Waals surface area (Å²) in [4.78, 5) is 15.0. The molecule has 5 heteroatoms. The minimum atomic E-state index is -0.782. The van der Waals surface area contributed by atoms with Gasteiger partial charge in [-0.15, -0.1) is 6.58 Å². The Bertz CT molecular complexity index is 834. The summed E-state index contributed by atoms with van der Waals surface area (Å²) in [6.07, 6.45) is 1.81. The highest BCUT2D eigenvalue weighted by Crippen LogP contribution is 2.41. The molecular formula is C21H24N2O3. The fourth-order valence-electron chi connectivity index (χ4n) is 3.45. The van der Waals surface area contributed by atoms with Gasteiger partial charge >= 0.3 is 0 Å². The van der Waals surface area contributed by atoms with Crippen LogP contribution in [0.15, 0.2) is 55.1 Å². The molecule has 1 aliphatic rings. The molecule has 1 unspecified atom stereocenters. The molecule has 2 aromatic rings. The van der Waals surface area contributed by atoms with Gasteiger partial charge in [-0.3, -0.25) is 9.69 Å². The quantitative estimate of drug-likeness (QED) is 0.774. The molecule has 0 saturated heterocycles. The van der Waals surface area contributed by atoms with Gasteiger partial charge in [-0.2, -0.15) is 0 Å². The van der Waals surface area contributed by atoms with Crippen LogP contribution in [0, 0.1) is 0 Å². The van der Waals surface area contributed by atoms with Crippen molar-refractivity contribution in [3.8, 4) is 11.5 Å². The molecule has 1 N–H and O–H groups in total. The summed E-state index contributed by atoms with van der Waals surface area (Å²) in [6.45, 7) is 6.93. The number of anilines is 1. The van der Waals surface area contributed by atoms with E-state index in [9.17, 15) is 4.79 Å². The number of carbonyl (C=O) groups excluding carboxylic acids is 1. The molecule has 0 saturated carbocycles. The van der Waals surface area contributed by atoms with Crippen molar-refractivity contribution in [2.45, 2.75) is 19.0 Å². The Kier molecular flexibility index (Phi) is 5.00. The average molecular weight is 352 g/mol. The Morgan fingerprint density at radius 1 is 1.19 bits per heavy atom. The summed E-state index contributed by atoms with van der Waals surface area (Å²) in [6, 6.07) is 13.5. The smallest absolute Gasteiger partial charge is 0.249 e. The van der Waals surface area contributed by atoms with Crippen molar-refractivity contribution in [3.63, 3.8) is 0 Å². The molecular weight excluding hydrogens is 328 g/mol. The third-order valence-electron chi connectivity index (χ3n) is 4.98. The van der Waals surface area contributed by atoms with E-state index in [1.54, 1.807) is 14.2 Å². The van der Waals surface area contributed by atoms with Gasteiger partial charge in [-0.25, -0.2) is 0 Å². The minimum absolute atomic E-state index is 0.0342. The maximum atomic E-state index is 12.9. The molecule has 136 valence electrons. The van der Waals surface area contributed by atoms with Gasteiger partial charge < -0.3 is 14.8 Å². The van der Waals surface area contributed by atoms with E-state index >= 15 is 0 Å². The predicted molar refractivity (Wildman–Crippen MR) is 103 cm³/mol. The summed E-state index contributed by atoms with van der Waals surface area (Å²) < 4.78 is 10.8. The molecule has 0 aliphatic carbocycles. The summed E-state index contributed by atoms with van der Waals surface area (Å²) in [5.74, 6) is 1.43. The van der Waals surface area contributed by atoms with Crippen LogP contribution in [0.4, 0.5) is 5.69 Å². The molecule has 0 spiro atoms. The monoisotopic (exact) mass is 352 g/mol. The first-order valence-electron chi connectivity index (χ1n) is 8.52. The van der Waals surface area contributed by atoms with Crippen LogP contribution in [0.1, 0.15) is 18.1 Å². The average Bonchev–Trinajstić information content (AvgIpc) is 2.93. The maximum Gasteiger partial charge on any atom is 0.249 e. The molecule has 2 aromatic carbocycles. The zero-order valence-electron chi connectivity index (χ0n) is 15.4. The van der Waals surface area contributed by atoms with E-state index in [1.807, 2.05) is 55.5 Å². The Morgan fingerprint density at radius 3 is 2.65 bits per heavy atom. The number of hydrogen-bond acceptors (Lipinski definition) is 4. The number of carbonyl (C=O) groups is 1. The SMILES string of the molecule is C=CCN(Cc1ccc(OC)cc1OC)C1(C)C(=O)Nc2ccccc21. The molecule has 0 radical (unpaired) electrons.